The SMILES string of the molecule is CCCCCCCCCC(=O)OC[C@H](COP(=O)(O)OC[C@H](O)COP(=O)(O)OC[C@@H](COC(=O)CCCCCCCCCCCCCC(C)C)OC(=O)CCCCCCCCCCCCCCC(C)C)OC(=O)CCCCCCCCC(C)CC. The van der Waals surface area contributed by atoms with Crippen LogP contribution in [0, 0.1) is 17.8 Å². The zero-order valence-corrected chi connectivity index (χ0v) is 57.6. The Balaban J connectivity index is 5.22. The fourth-order valence-electron chi connectivity index (χ4n) is 9.98. The molecule has 0 rings (SSSR count). The summed E-state index contributed by atoms with van der Waals surface area (Å²) in [5.41, 5.74) is 0. The Morgan fingerprint density at radius 1 is 0.337 bits per heavy atom. The molecule has 0 spiro atoms. The summed E-state index contributed by atoms with van der Waals surface area (Å²) < 4.78 is 68.0. The molecule has 17 nitrogen and oxygen atoms in total. The van der Waals surface area contributed by atoms with Gasteiger partial charge in [0.1, 0.15) is 19.3 Å². The number of carbonyl (C=O) groups is 4. The van der Waals surface area contributed by atoms with Crippen LogP contribution in [0.15, 0.2) is 0 Å². The van der Waals surface area contributed by atoms with Crippen LogP contribution in [0.1, 0.15) is 331 Å². The first kappa shape index (κ1) is 84.1. The molecule has 0 amide bonds. The first-order valence-electron chi connectivity index (χ1n) is 34.9. The molecule has 0 fully saturated rings. The smallest absolute Gasteiger partial charge is 0.462 e. The predicted octanol–water partition coefficient (Wildman–Crippen LogP) is 18.7. The van der Waals surface area contributed by atoms with E-state index in [1.165, 1.54) is 128 Å². The standard InChI is InChI=1S/C67H130O17P2/c1-8-10-11-12-24-34-41-48-64(69)77-54-63(84-67(72)51-44-37-30-29-33-40-47-60(7)9-2)57-82-86(75,76)80-53-61(68)52-79-85(73,74)81-56-62(55-78-65(70)49-42-35-27-22-19-15-17-21-26-32-39-46-59(5)6)83-66(71)50-43-36-28-23-18-14-13-16-20-25-31-38-45-58(3)4/h58-63,68H,8-57H2,1-7H3,(H,73,74)(H,75,76)/t60?,61-,62-,63-/m1/s1. The van der Waals surface area contributed by atoms with Crippen molar-refractivity contribution >= 4 is 39.5 Å². The first-order chi connectivity index (χ1) is 41.3. The third-order valence-corrected chi connectivity index (χ3v) is 17.6. The molecule has 0 aliphatic heterocycles. The Morgan fingerprint density at radius 3 is 0.884 bits per heavy atom. The number of carbonyl (C=O) groups excluding carboxylic acids is 4. The minimum Gasteiger partial charge on any atom is -0.462 e. The van der Waals surface area contributed by atoms with Gasteiger partial charge in [-0.3, -0.25) is 37.3 Å². The van der Waals surface area contributed by atoms with Crippen molar-refractivity contribution in [3.05, 3.63) is 0 Å². The molecular weight excluding hydrogens is 1140 g/mol. The molecule has 19 heteroatoms. The highest BCUT2D eigenvalue weighted by molar-refractivity contribution is 7.47. The van der Waals surface area contributed by atoms with Gasteiger partial charge in [-0.2, -0.15) is 0 Å². The second-order valence-corrected chi connectivity index (χ2v) is 28.3. The zero-order valence-electron chi connectivity index (χ0n) is 55.8. The van der Waals surface area contributed by atoms with Gasteiger partial charge < -0.3 is 33.8 Å². The minimum absolute atomic E-state index is 0.102. The molecule has 0 saturated carbocycles. The first-order valence-corrected chi connectivity index (χ1v) is 37.9. The van der Waals surface area contributed by atoms with Crippen molar-refractivity contribution in [1.82, 2.24) is 0 Å². The van der Waals surface area contributed by atoms with Gasteiger partial charge in [-0.1, -0.05) is 280 Å². The van der Waals surface area contributed by atoms with Gasteiger partial charge in [0.05, 0.1) is 26.4 Å². The topological polar surface area (TPSA) is 237 Å². The van der Waals surface area contributed by atoms with E-state index in [0.29, 0.717) is 25.7 Å². The van der Waals surface area contributed by atoms with Crippen LogP contribution in [0.3, 0.4) is 0 Å². The van der Waals surface area contributed by atoms with E-state index in [1.54, 1.807) is 0 Å². The summed E-state index contributed by atoms with van der Waals surface area (Å²) in [6, 6.07) is 0. The van der Waals surface area contributed by atoms with Crippen LogP contribution in [-0.4, -0.2) is 96.7 Å². The molecule has 3 unspecified atom stereocenters. The number of rotatable bonds is 65. The summed E-state index contributed by atoms with van der Waals surface area (Å²) in [6.45, 7) is 11.7. The minimum atomic E-state index is -4.95. The Bertz CT molecular complexity index is 1700. The van der Waals surface area contributed by atoms with Crippen molar-refractivity contribution < 1.29 is 80.2 Å². The highest BCUT2D eigenvalue weighted by atomic mass is 31.2. The van der Waals surface area contributed by atoms with E-state index in [2.05, 4.69) is 48.5 Å². The van der Waals surface area contributed by atoms with E-state index < -0.39 is 97.5 Å². The average Bonchev–Trinajstić information content (AvgIpc) is 3.69. The van der Waals surface area contributed by atoms with Gasteiger partial charge >= 0.3 is 39.5 Å². The van der Waals surface area contributed by atoms with Crippen LogP contribution in [0.25, 0.3) is 0 Å². The second-order valence-electron chi connectivity index (χ2n) is 25.4. The molecule has 0 aromatic carbocycles. The number of unbranched alkanes of at least 4 members (excludes halogenated alkanes) is 32. The monoisotopic (exact) mass is 1270 g/mol. The maximum Gasteiger partial charge on any atom is 0.472 e. The van der Waals surface area contributed by atoms with Crippen LogP contribution in [0.5, 0.6) is 0 Å². The van der Waals surface area contributed by atoms with Crippen LogP contribution in [0.2, 0.25) is 0 Å². The van der Waals surface area contributed by atoms with Crippen LogP contribution in [-0.2, 0) is 65.4 Å². The van der Waals surface area contributed by atoms with Gasteiger partial charge in [0.25, 0.3) is 0 Å². The maximum atomic E-state index is 13.0. The van der Waals surface area contributed by atoms with E-state index in [1.807, 2.05) is 0 Å². The highest BCUT2D eigenvalue weighted by Crippen LogP contribution is 2.45. The summed E-state index contributed by atoms with van der Waals surface area (Å²) in [7, 11) is -9.89. The zero-order chi connectivity index (χ0) is 63.8. The number of hydrogen-bond donors (Lipinski definition) is 3. The maximum absolute atomic E-state index is 13.0. The van der Waals surface area contributed by atoms with Crippen LogP contribution >= 0.6 is 15.6 Å². The molecule has 6 atom stereocenters. The van der Waals surface area contributed by atoms with Gasteiger partial charge in [-0.25, -0.2) is 9.13 Å². The molecule has 0 aliphatic rings. The number of aliphatic hydroxyl groups is 1. The Morgan fingerprint density at radius 2 is 0.593 bits per heavy atom. The van der Waals surface area contributed by atoms with Crippen molar-refractivity contribution in [3.63, 3.8) is 0 Å². The summed E-state index contributed by atoms with van der Waals surface area (Å²) >= 11 is 0. The molecule has 510 valence electrons. The quantitative estimate of drug-likeness (QED) is 0.0222. The summed E-state index contributed by atoms with van der Waals surface area (Å²) in [4.78, 5) is 72.3. The van der Waals surface area contributed by atoms with E-state index in [0.717, 1.165) is 120 Å². The molecule has 86 heavy (non-hydrogen) atoms. The molecular formula is C67H130O17P2. The van der Waals surface area contributed by atoms with Crippen molar-refractivity contribution in [2.45, 2.75) is 349 Å². The fourth-order valence-corrected chi connectivity index (χ4v) is 11.6. The van der Waals surface area contributed by atoms with Gasteiger partial charge in [-0.15, -0.1) is 0 Å². The largest absolute Gasteiger partial charge is 0.472 e. The molecule has 3 N–H and O–H groups in total. The molecule has 0 heterocycles. The molecule has 0 aliphatic carbocycles. The Labute approximate surface area is 524 Å². The van der Waals surface area contributed by atoms with E-state index >= 15 is 0 Å². The number of esters is 4. The van der Waals surface area contributed by atoms with E-state index in [9.17, 15) is 43.2 Å². The summed E-state index contributed by atoms with van der Waals surface area (Å²) in [5.74, 6) is 0.131. The van der Waals surface area contributed by atoms with Crippen molar-refractivity contribution in [2.75, 3.05) is 39.6 Å². The van der Waals surface area contributed by atoms with Gasteiger partial charge in [0.2, 0.25) is 0 Å². The lowest BCUT2D eigenvalue weighted by atomic mass is 10.00. The van der Waals surface area contributed by atoms with E-state index in [4.69, 9.17) is 37.0 Å². The molecule has 0 aromatic heterocycles. The van der Waals surface area contributed by atoms with E-state index in [-0.39, 0.29) is 25.7 Å². The molecule has 0 aromatic rings. The lowest BCUT2D eigenvalue weighted by Gasteiger charge is -2.21. The number of aliphatic hydroxyl groups excluding tert-OH is 1. The molecule has 0 saturated heterocycles. The van der Waals surface area contributed by atoms with Crippen molar-refractivity contribution in [2.24, 2.45) is 17.8 Å². The molecule has 0 bridgehead atoms. The molecule has 0 radical (unpaired) electrons. The average molecular weight is 1270 g/mol. The van der Waals surface area contributed by atoms with Gasteiger partial charge in [0, 0.05) is 25.7 Å². The predicted molar refractivity (Wildman–Crippen MR) is 344 cm³/mol. The number of ether oxygens (including phenoxy) is 4. The Kier molecular flexibility index (Phi) is 56.9. The normalized spacial score (nSPS) is 14.6. The van der Waals surface area contributed by atoms with Gasteiger partial charge in [0.15, 0.2) is 12.2 Å². The fraction of sp³-hybridized carbons (Fsp3) is 0.940. The van der Waals surface area contributed by atoms with Crippen molar-refractivity contribution in [1.29, 1.82) is 0 Å². The third-order valence-electron chi connectivity index (χ3n) is 15.7. The van der Waals surface area contributed by atoms with Gasteiger partial charge in [-0.05, 0) is 43.4 Å². The Hall–Kier alpha value is -1.94. The second kappa shape index (κ2) is 58.2. The highest BCUT2D eigenvalue weighted by Gasteiger charge is 2.30. The summed E-state index contributed by atoms with van der Waals surface area (Å²) in [6.07, 6.45) is 40.4. The summed E-state index contributed by atoms with van der Waals surface area (Å²) in [5, 5.41) is 10.5. The van der Waals surface area contributed by atoms with Crippen molar-refractivity contribution in [3.8, 4) is 0 Å². The van der Waals surface area contributed by atoms with Crippen LogP contribution in [0.4, 0.5) is 0 Å². The number of phosphoric ester groups is 2. The number of phosphoric acid groups is 2. The van der Waals surface area contributed by atoms with Crippen LogP contribution < -0.4 is 0 Å². The number of hydrogen-bond acceptors (Lipinski definition) is 15. The lowest BCUT2D eigenvalue weighted by Crippen LogP contribution is -2.30. The lowest BCUT2D eigenvalue weighted by molar-refractivity contribution is -0.161. The third kappa shape index (κ3) is 59.7.